The molecule has 0 bridgehead atoms. The Labute approximate surface area is 92.3 Å². The molecule has 0 fully saturated rings. The maximum absolute atomic E-state index is 11.5. The second-order valence-electron chi connectivity index (χ2n) is 3.21. The first kappa shape index (κ1) is 9.75. The highest BCUT2D eigenvalue weighted by atomic mass is 35.5. The maximum Gasteiger partial charge on any atom is 0.192 e. The highest BCUT2D eigenvalue weighted by molar-refractivity contribution is 6.55. The van der Waals surface area contributed by atoms with E-state index < -0.39 is 4.84 Å². The summed E-state index contributed by atoms with van der Waals surface area (Å²) in [6, 6.07) is 7.89. The summed E-state index contributed by atoms with van der Waals surface area (Å²) < 4.78 is 0. The zero-order valence-electron chi connectivity index (χ0n) is 7.34. The summed E-state index contributed by atoms with van der Waals surface area (Å²) in [6.45, 7) is 0. The van der Waals surface area contributed by atoms with Crippen molar-refractivity contribution < 1.29 is 4.79 Å². The van der Waals surface area contributed by atoms with Crippen LogP contribution < -0.4 is 0 Å². The van der Waals surface area contributed by atoms with E-state index in [9.17, 15) is 4.79 Å². The quantitative estimate of drug-likeness (QED) is 0.709. The average Bonchev–Trinajstić information content (AvgIpc) is 2.59. The molecule has 0 spiro atoms. The largest absolute Gasteiger partial charge is 0.291 e. The number of Topliss-reactive ketones (excluding diaryl/α,β-unsaturated/α-hetero) is 1. The molecule has 3 heteroatoms. The number of allylic oxidation sites excluding steroid dienone is 1. The zero-order valence-corrected chi connectivity index (χ0v) is 8.85. The number of carbonyl (C=O) groups is 1. The lowest BCUT2D eigenvalue weighted by atomic mass is 10.1. The van der Waals surface area contributed by atoms with Gasteiger partial charge in [0.2, 0.25) is 0 Å². The lowest BCUT2D eigenvalue weighted by Gasteiger charge is -2.00. The third-order valence-corrected chi connectivity index (χ3v) is 2.68. The Morgan fingerprint density at radius 3 is 2.64 bits per heavy atom. The summed E-state index contributed by atoms with van der Waals surface area (Å²) in [5.41, 5.74) is 2.94. The van der Waals surface area contributed by atoms with Gasteiger partial charge in [-0.1, -0.05) is 47.5 Å². The predicted molar refractivity (Wildman–Crippen MR) is 58.6 cm³/mol. The van der Waals surface area contributed by atoms with Gasteiger partial charge in [0.1, 0.15) is 0 Å². The molecule has 0 saturated carbocycles. The summed E-state index contributed by atoms with van der Waals surface area (Å²) in [5.74, 6) is -0.190. The summed E-state index contributed by atoms with van der Waals surface area (Å²) >= 11 is 11.1. The lowest BCUT2D eigenvalue weighted by molar-refractivity contribution is -0.114. The van der Waals surface area contributed by atoms with Gasteiger partial charge in [-0.15, -0.1) is 0 Å². The topological polar surface area (TPSA) is 17.1 Å². The molecule has 0 heterocycles. The molecule has 72 valence electrons. The molecule has 14 heavy (non-hydrogen) atoms. The van der Waals surface area contributed by atoms with E-state index in [0.717, 1.165) is 11.1 Å². The second-order valence-corrected chi connectivity index (χ2v) is 4.31. The van der Waals surface area contributed by atoms with E-state index in [1.807, 2.05) is 30.3 Å². The fourth-order valence-corrected chi connectivity index (χ4v) is 1.86. The molecule has 1 nitrogen and oxygen atoms in total. The van der Waals surface area contributed by atoms with Crippen molar-refractivity contribution in [3.05, 3.63) is 41.0 Å². The molecular formula is C11H8Cl2O. The van der Waals surface area contributed by atoms with Crippen molar-refractivity contribution in [2.75, 3.05) is 0 Å². The molecular weight excluding hydrogens is 219 g/mol. The van der Waals surface area contributed by atoms with Crippen LogP contribution in [0.5, 0.6) is 0 Å². The van der Waals surface area contributed by atoms with E-state index in [2.05, 4.69) is 0 Å². The molecule has 0 atom stereocenters. The van der Waals surface area contributed by atoms with Gasteiger partial charge >= 0.3 is 0 Å². The Balaban J connectivity index is 2.28. The normalized spacial score (nSPS) is 14.1. The molecule has 0 unspecified atom stereocenters. The second kappa shape index (κ2) is 3.76. The monoisotopic (exact) mass is 226 g/mol. The highest BCUT2D eigenvalue weighted by Crippen LogP contribution is 2.27. The third-order valence-electron chi connectivity index (χ3n) is 2.28. The van der Waals surface area contributed by atoms with Crippen molar-refractivity contribution in [1.82, 2.24) is 0 Å². The van der Waals surface area contributed by atoms with Crippen LogP contribution in [0.15, 0.2) is 29.8 Å². The van der Waals surface area contributed by atoms with Crippen LogP contribution in [0.1, 0.15) is 11.1 Å². The minimum atomic E-state index is -0.949. The summed E-state index contributed by atoms with van der Waals surface area (Å²) in [6.07, 6.45) is 2.50. The number of carbonyl (C=O) groups excluding carboxylic acids is 1. The van der Waals surface area contributed by atoms with Crippen molar-refractivity contribution in [1.29, 1.82) is 0 Å². The van der Waals surface area contributed by atoms with Gasteiger partial charge in [0.15, 0.2) is 10.6 Å². The van der Waals surface area contributed by atoms with Gasteiger partial charge in [0, 0.05) is 12.0 Å². The molecule has 0 aromatic heterocycles. The number of alkyl halides is 2. The fourth-order valence-electron chi connectivity index (χ4n) is 1.58. The molecule has 0 radical (unpaired) electrons. The molecule has 1 aliphatic rings. The molecule has 0 saturated heterocycles. The zero-order chi connectivity index (χ0) is 10.1. The van der Waals surface area contributed by atoms with E-state index in [0.29, 0.717) is 12.0 Å². The number of ketones is 1. The number of hydrogen-bond acceptors (Lipinski definition) is 1. The summed E-state index contributed by atoms with van der Waals surface area (Å²) in [4.78, 5) is 10.5. The Kier molecular flexibility index (Phi) is 2.62. The van der Waals surface area contributed by atoms with E-state index in [-0.39, 0.29) is 5.78 Å². The SMILES string of the molecule is O=C(C1=Cc2ccccc2C1)C(Cl)Cl. The molecule has 1 aromatic rings. The predicted octanol–water partition coefficient (Wildman–Crippen LogP) is 3.00. The molecule has 0 amide bonds. The van der Waals surface area contributed by atoms with Gasteiger partial charge in [0.25, 0.3) is 0 Å². The van der Waals surface area contributed by atoms with Crippen LogP contribution in [0.4, 0.5) is 0 Å². The fraction of sp³-hybridized carbons (Fsp3) is 0.182. The minimum Gasteiger partial charge on any atom is -0.291 e. The van der Waals surface area contributed by atoms with Gasteiger partial charge in [-0.05, 0) is 17.2 Å². The Morgan fingerprint density at radius 1 is 1.29 bits per heavy atom. The van der Waals surface area contributed by atoms with Crippen molar-refractivity contribution in [3.8, 4) is 0 Å². The first-order valence-corrected chi connectivity index (χ1v) is 5.16. The Hall–Kier alpha value is -0.790. The van der Waals surface area contributed by atoms with Gasteiger partial charge in [-0.2, -0.15) is 0 Å². The number of halogens is 2. The lowest BCUT2D eigenvalue weighted by Crippen LogP contribution is -2.10. The van der Waals surface area contributed by atoms with Gasteiger partial charge in [-0.25, -0.2) is 0 Å². The molecule has 0 aliphatic heterocycles. The van der Waals surface area contributed by atoms with Crippen molar-refractivity contribution in [3.63, 3.8) is 0 Å². The first-order valence-electron chi connectivity index (χ1n) is 4.29. The van der Waals surface area contributed by atoms with Crippen LogP contribution in [-0.4, -0.2) is 10.6 Å². The first-order chi connectivity index (χ1) is 6.68. The third kappa shape index (κ3) is 1.70. The summed E-state index contributed by atoms with van der Waals surface area (Å²) in [7, 11) is 0. The maximum atomic E-state index is 11.5. The summed E-state index contributed by atoms with van der Waals surface area (Å²) in [5, 5.41) is 0. The van der Waals surface area contributed by atoms with Crippen LogP contribution in [0, 0.1) is 0 Å². The number of hydrogen-bond donors (Lipinski definition) is 0. The molecule has 2 rings (SSSR count). The Morgan fingerprint density at radius 2 is 2.00 bits per heavy atom. The van der Waals surface area contributed by atoms with Crippen LogP contribution in [0.3, 0.4) is 0 Å². The van der Waals surface area contributed by atoms with Crippen molar-refractivity contribution in [2.45, 2.75) is 11.3 Å². The number of benzene rings is 1. The smallest absolute Gasteiger partial charge is 0.192 e. The van der Waals surface area contributed by atoms with E-state index >= 15 is 0 Å². The van der Waals surface area contributed by atoms with E-state index in [4.69, 9.17) is 23.2 Å². The standard InChI is InChI=1S/C11H8Cl2O/c12-11(13)10(14)9-5-7-3-1-2-4-8(7)6-9/h1-5,11H,6H2. The van der Waals surface area contributed by atoms with Gasteiger partial charge < -0.3 is 0 Å². The number of rotatable bonds is 2. The Bertz CT molecular complexity index is 408. The van der Waals surface area contributed by atoms with Crippen LogP contribution in [-0.2, 0) is 11.2 Å². The van der Waals surface area contributed by atoms with E-state index in [1.165, 1.54) is 0 Å². The van der Waals surface area contributed by atoms with Gasteiger partial charge in [0.05, 0.1) is 0 Å². The average molecular weight is 227 g/mol. The van der Waals surface area contributed by atoms with Crippen LogP contribution >= 0.6 is 23.2 Å². The molecule has 1 aromatic carbocycles. The van der Waals surface area contributed by atoms with Crippen LogP contribution in [0.25, 0.3) is 6.08 Å². The highest BCUT2D eigenvalue weighted by Gasteiger charge is 2.22. The van der Waals surface area contributed by atoms with E-state index in [1.54, 1.807) is 0 Å². The van der Waals surface area contributed by atoms with Crippen molar-refractivity contribution >= 4 is 35.1 Å². The minimum absolute atomic E-state index is 0.190. The molecule has 1 aliphatic carbocycles. The van der Waals surface area contributed by atoms with Gasteiger partial charge in [-0.3, -0.25) is 4.79 Å². The van der Waals surface area contributed by atoms with Crippen molar-refractivity contribution in [2.24, 2.45) is 0 Å². The molecule has 0 N–H and O–H groups in total. The van der Waals surface area contributed by atoms with Crippen LogP contribution in [0.2, 0.25) is 0 Å². The number of fused-ring (bicyclic) bond motifs is 1.